The number of nitrogen functional groups attached to an aromatic ring is 1. The Labute approximate surface area is 151 Å². The fourth-order valence-electron chi connectivity index (χ4n) is 1.83. The van der Waals surface area contributed by atoms with Gasteiger partial charge in [0.25, 0.3) is 0 Å². The molecule has 0 atom stereocenters. The molecule has 0 fully saturated rings. The second kappa shape index (κ2) is 7.96. The van der Waals surface area contributed by atoms with Crippen LogP contribution in [-0.4, -0.2) is 20.4 Å². The Hall–Kier alpha value is -2.35. The lowest BCUT2D eigenvalue weighted by atomic mass is 10.2. The average molecular weight is 374 g/mol. The molecular weight excluding hydrogens is 362 g/mol. The lowest BCUT2D eigenvalue weighted by molar-refractivity contribution is 1.10. The van der Waals surface area contributed by atoms with Gasteiger partial charge in [0.2, 0.25) is 9.60 Å². The van der Waals surface area contributed by atoms with Gasteiger partial charge in [-0.3, -0.25) is 0 Å². The van der Waals surface area contributed by atoms with Crippen LogP contribution in [0.15, 0.2) is 60.7 Å². The summed E-state index contributed by atoms with van der Waals surface area (Å²) in [6.45, 7) is 0. The van der Waals surface area contributed by atoms with Crippen LogP contribution in [0, 0.1) is 0 Å². The Morgan fingerprint density at radius 2 is 1.17 bits per heavy atom. The molecule has 2 aromatic carbocycles. The Morgan fingerprint density at radius 3 is 1.58 bits per heavy atom. The van der Waals surface area contributed by atoms with Crippen LogP contribution >= 0.6 is 34.3 Å². The van der Waals surface area contributed by atoms with Crippen LogP contribution in [0.4, 0.5) is 5.13 Å². The van der Waals surface area contributed by atoms with Crippen molar-refractivity contribution < 1.29 is 0 Å². The maximum absolute atomic E-state index is 5.66. The van der Waals surface area contributed by atoms with Gasteiger partial charge in [-0.25, -0.2) is 0 Å². The number of hydrogen-bond acceptors (Lipinski definition) is 7. The number of nitrogens with zero attached hydrogens (tertiary/aromatic N) is 4. The SMILES string of the molecule is Clc1nnc(-c2ccccc2)s1.Nc1nnc(-c2ccccc2)s1. The van der Waals surface area contributed by atoms with Crippen molar-refractivity contribution in [3.05, 3.63) is 65.1 Å². The number of anilines is 1. The summed E-state index contributed by atoms with van der Waals surface area (Å²) in [7, 11) is 0. The van der Waals surface area contributed by atoms with Crippen LogP contribution in [0.25, 0.3) is 21.1 Å². The highest BCUT2D eigenvalue weighted by Gasteiger charge is 2.03. The first-order valence-electron chi connectivity index (χ1n) is 6.91. The average Bonchev–Trinajstić information content (AvgIpc) is 3.26. The monoisotopic (exact) mass is 373 g/mol. The topological polar surface area (TPSA) is 77.6 Å². The molecule has 0 aliphatic rings. The molecule has 0 radical (unpaired) electrons. The highest BCUT2D eigenvalue weighted by atomic mass is 35.5. The number of nitrogens with two attached hydrogens (primary N) is 1. The van der Waals surface area contributed by atoms with Gasteiger partial charge in [-0.1, -0.05) is 83.3 Å². The summed E-state index contributed by atoms with van der Waals surface area (Å²) in [5.41, 5.74) is 7.58. The molecule has 0 aliphatic carbocycles. The lowest BCUT2D eigenvalue weighted by Crippen LogP contribution is -1.80. The van der Waals surface area contributed by atoms with Crippen LogP contribution in [0.1, 0.15) is 0 Å². The zero-order valence-electron chi connectivity index (χ0n) is 12.3. The first-order valence-corrected chi connectivity index (χ1v) is 8.92. The fourth-order valence-corrected chi connectivity index (χ4v) is 3.28. The molecule has 120 valence electrons. The molecular formula is C16H12ClN5S2. The first kappa shape index (κ1) is 16.5. The van der Waals surface area contributed by atoms with Gasteiger partial charge in [0.1, 0.15) is 10.0 Å². The van der Waals surface area contributed by atoms with E-state index in [1.165, 1.54) is 22.7 Å². The quantitative estimate of drug-likeness (QED) is 0.553. The highest BCUT2D eigenvalue weighted by Crippen LogP contribution is 2.25. The molecule has 0 unspecified atom stereocenters. The van der Waals surface area contributed by atoms with E-state index in [4.69, 9.17) is 17.3 Å². The van der Waals surface area contributed by atoms with Gasteiger partial charge in [-0.05, 0) is 11.6 Å². The first-order chi connectivity index (χ1) is 11.7. The lowest BCUT2D eigenvalue weighted by Gasteiger charge is -1.90. The van der Waals surface area contributed by atoms with Crippen LogP contribution in [-0.2, 0) is 0 Å². The van der Waals surface area contributed by atoms with Gasteiger partial charge >= 0.3 is 0 Å². The van der Waals surface area contributed by atoms with Gasteiger partial charge in [-0.2, -0.15) is 0 Å². The summed E-state index contributed by atoms with van der Waals surface area (Å²) < 4.78 is 0.480. The molecule has 5 nitrogen and oxygen atoms in total. The summed E-state index contributed by atoms with van der Waals surface area (Å²) in [4.78, 5) is 0. The van der Waals surface area contributed by atoms with Crippen molar-refractivity contribution in [1.82, 2.24) is 20.4 Å². The molecule has 0 saturated heterocycles. The van der Waals surface area contributed by atoms with Gasteiger partial charge in [0.05, 0.1) is 0 Å². The zero-order chi connectivity index (χ0) is 16.8. The molecule has 0 bridgehead atoms. The van der Waals surface area contributed by atoms with Crippen molar-refractivity contribution in [1.29, 1.82) is 0 Å². The minimum Gasteiger partial charge on any atom is -0.374 e. The van der Waals surface area contributed by atoms with Crippen LogP contribution in [0.3, 0.4) is 0 Å². The van der Waals surface area contributed by atoms with Crippen LogP contribution in [0.2, 0.25) is 4.47 Å². The molecule has 2 N–H and O–H groups in total. The van der Waals surface area contributed by atoms with Gasteiger partial charge < -0.3 is 5.73 Å². The van der Waals surface area contributed by atoms with E-state index in [-0.39, 0.29) is 0 Å². The standard InChI is InChI=1S/C8H5ClN2S.C8H7N3S/c2*9-8-11-10-7(12-8)6-4-2-1-3-5-6/h1-5H;1-5H,(H2,9,11). The Morgan fingerprint density at radius 1 is 0.667 bits per heavy atom. The van der Waals surface area contributed by atoms with Crippen molar-refractivity contribution in [2.45, 2.75) is 0 Å². The molecule has 0 spiro atoms. The third-order valence-corrected chi connectivity index (χ3v) is 4.75. The van der Waals surface area contributed by atoms with Crippen molar-refractivity contribution in [3.8, 4) is 21.1 Å². The van der Waals surface area contributed by atoms with Gasteiger partial charge in [0, 0.05) is 11.1 Å². The molecule has 0 aliphatic heterocycles. The third-order valence-electron chi connectivity index (χ3n) is 2.88. The van der Waals surface area contributed by atoms with Crippen LogP contribution in [0.5, 0.6) is 0 Å². The molecule has 0 amide bonds. The summed E-state index contributed by atoms with van der Waals surface area (Å²) in [5, 5.41) is 17.6. The molecule has 2 heterocycles. The maximum Gasteiger partial charge on any atom is 0.207 e. The molecule has 4 rings (SSSR count). The summed E-state index contributed by atoms with van der Waals surface area (Å²) in [5.74, 6) is 0. The largest absolute Gasteiger partial charge is 0.374 e. The predicted molar refractivity (Wildman–Crippen MR) is 100 cm³/mol. The fraction of sp³-hybridized carbons (Fsp3) is 0. The van der Waals surface area contributed by atoms with Crippen molar-refractivity contribution in [3.63, 3.8) is 0 Å². The Balaban J connectivity index is 0.000000141. The van der Waals surface area contributed by atoms with E-state index >= 15 is 0 Å². The number of hydrogen-bond donors (Lipinski definition) is 1. The highest BCUT2D eigenvalue weighted by molar-refractivity contribution is 7.18. The number of benzene rings is 2. The van der Waals surface area contributed by atoms with Gasteiger partial charge in [0.15, 0.2) is 0 Å². The maximum atomic E-state index is 5.66. The predicted octanol–water partition coefficient (Wildman–Crippen LogP) is 4.65. The number of halogens is 1. The normalized spacial score (nSPS) is 10.0. The molecule has 0 saturated carbocycles. The molecule has 4 aromatic rings. The molecule has 24 heavy (non-hydrogen) atoms. The van der Waals surface area contributed by atoms with E-state index in [0.29, 0.717) is 9.60 Å². The molecule has 8 heteroatoms. The van der Waals surface area contributed by atoms with Gasteiger partial charge in [-0.15, -0.1) is 20.4 Å². The Bertz CT molecular complexity index is 817. The van der Waals surface area contributed by atoms with Crippen molar-refractivity contribution >= 4 is 39.4 Å². The minimum absolute atomic E-state index is 0.480. The van der Waals surface area contributed by atoms with Crippen molar-refractivity contribution in [2.24, 2.45) is 0 Å². The van der Waals surface area contributed by atoms with E-state index in [2.05, 4.69) is 20.4 Å². The van der Waals surface area contributed by atoms with Crippen molar-refractivity contribution in [2.75, 3.05) is 5.73 Å². The zero-order valence-corrected chi connectivity index (χ0v) is 14.7. The van der Waals surface area contributed by atoms with E-state index in [1.54, 1.807) is 0 Å². The third kappa shape index (κ3) is 4.35. The van der Waals surface area contributed by atoms with E-state index in [9.17, 15) is 0 Å². The minimum atomic E-state index is 0.480. The van der Waals surface area contributed by atoms with E-state index < -0.39 is 0 Å². The smallest absolute Gasteiger partial charge is 0.207 e. The second-order valence-electron chi connectivity index (χ2n) is 4.54. The summed E-state index contributed by atoms with van der Waals surface area (Å²) in [6, 6.07) is 19.7. The van der Waals surface area contributed by atoms with E-state index in [0.717, 1.165) is 21.1 Å². The molecule has 2 aromatic heterocycles. The van der Waals surface area contributed by atoms with Crippen LogP contribution < -0.4 is 5.73 Å². The summed E-state index contributed by atoms with van der Waals surface area (Å²) >= 11 is 8.44. The van der Waals surface area contributed by atoms with E-state index in [1.807, 2.05) is 60.7 Å². The summed E-state index contributed by atoms with van der Waals surface area (Å²) in [6.07, 6.45) is 0. The Kier molecular flexibility index (Phi) is 5.47. The second-order valence-corrected chi connectivity index (χ2v) is 7.11. The number of rotatable bonds is 2. The number of aromatic nitrogens is 4.